The smallest absolute Gasteiger partial charge is 0.192 e. The van der Waals surface area contributed by atoms with Gasteiger partial charge < -0.3 is 14.4 Å². The van der Waals surface area contributed by atoms with Crippen molar-refractivity contribution in [2.75, 3.05) is 25.1 Å². The second-order valence-corrected chi connectivity index (χ2v) is 3.88. The summed E-state index contributed by atoms with van der Waals surface area (Å²) in [6.45, 7) is 2.89. The van der Waals surface area contributed by atoms with Crippen LogP contribution in [0.3, 0.4) is 0 Å². The molecule has 86 valence electrons. The second kappa shape index (κ2) is 4.53. The van der Waals surface area contributed by atoms with E-state index in [1.165, 1.54) is 0 Å². The van der Waals surface area contributed by atoms with E-state index in [1.807, 2.05) is 32.2 Å². The van der Waals surface area contributed by atoms with Gasteiger partial charge in [0.1, 0.15) is 5.52 Å². The number of fused-ring (bicyclic) bond motifs is 1. The van der Waals surface area contributed by atoms with Gasteiger partial charge in [-0.3, -0.25) is 0 Å². The maximum atomic E-state index is 8.78. The van der Waals surface area contributed by atoms with Crippen LogP contribution < -0.4 is 4.90 Å². The summed E-state index contributed by atoms with van der Waals surface area (Å²) in [5.74, 6) is 0.685. The number of nitrogens with zero attached hydrogens (tertiary/aromatic N) is 2. The van der Waals surface area contributed by atoms with Crippen molar-refractivity contribution in [3.8, 4) is 0 Å². The molecule has 0 saturated carbocycles. The molecule has 0 atom stereocenters. The zero-order valence-electron chi connectivity index (χ0n) is 9.60. The Labute approximate surface area is 94.5 Å². The number of anilines is 1. The Kier molecular flexibility index (Phi) is 3.10. The van der Waals surface area contributed by atoms with Crippen molar-refractivity contribution in [1.29, 1.82) is 0 Å². The molecule has 0 amide bonds. The van der Waals surface area contributed by atoms with Crippen molar-refractivity contribution in [3.63, 3.8) is 0 Å². The highest BCUT2D eigenvalue weighted by Crippen LogP contribution is 2.21. The first kappa shape index (κ1) is 11.0. The van der Waals surface area contributed by atoms with Crippen LogP contribution in [-0.4, -0.2) is 30.3 Å². The van der Waals surface area contributed by atoms with Gasteiger partial charge in [0.2, 0.25) is 0 Å². The number of oxazole rings is 1. The minimum absolute atomic E-state index is 0.216. The minimum atomic E-state index is 0.216. The van der Waals surface area contributed by atoms with E-state index in [9.17, 15) is 0 Å². The molecule has 2 aromatic rings. The van der Waals surface area contributed by atoms with E-state index in [0.29, 0.717) is 5.89 Å². The van der Waals surface area contributed by atoms with Crippen molar-refractivity contribution in [2.45, 2.75) is 13.3 Å². The average Bonchev–Trinajstić information content (AvgIpc) is 2.64. The highest BCUT2D eigenvalue weighted by Gasteiger charge is 2.05. The van der Waals surface area contributed by atoms with Gasteiger partial charge in [-0.05, 0) is 18.6 Å². The molecule has 0 aliphatic carbocycles. The lowest BCUT2D eigenvalue weighted by atomic mass is 10.2. The fourth-order valence-electron chi connectivity index (χ4n) is 1.70. The number of aliphatic hydroxyl groups is 1. The Bertz CT molecular complexity index is 479. The normalized spacial score (nSPS) is 10.9. The molecule has 0 spiro atoms. The third-order valence-electron chi connectivity index (χ3n) is 2.57. The van der Waals surface area contributed by atoms with E-state index in [2.05, 4.69) is 9.88 Å². The zero-order valence-corrected chi connectivity index (χ0v) is 9.60. The third kappa shape index (κ3) is 2.17. The maximum Gasteiger partial charge on any atom is 0.192 e. The fourth-order valence-corrected chi connectivity index (χ4v) is 1.70. The lowest BCUT2D eigenvalue weighted by molar-refractivity contribution is 0.290. The number of aryl methyl sites for hydroxylation is 1. The van der Waals surface area contributed by atoms with E-state index >= 15 is 0 Å². The van der Waals surface area contributed by atoms with Crippen LogP contribution in [0.5, 0.6) is 0 Å². The molecule has 2 rings (SSSR count). The highest BCUT2D eigenvalue weighted by atomic mass is 16.3. The average molecular weight is 220 g/mol. The fraction of sp³-hybridized carbons (Fsp3) is 0.417. The zero-order chi connectivity index (χ0) is 11.5. The first-order valence-corrected chi connectivity index (χ1v) is 5.40. The molecule has 1 aromatic carbocycles. The van der Waals surface area contributed by atoms with E-state index < -0.39 is 0 Å². The van der Waals surface area contributed by atoms with Gasteiger partial charge in [-0.25, -0.2) is 4.98 Å². The topological polar surface area (TPSA) is 49.5 Å². The predicted molar refractivity (Wildman–Crippen MR) is 63.7 cm³/mol. The molecule has 4 nitrogen and oxygen atoms in total. The molecule has 0 aliphatic heterocycles. The Morgan fingerprint density at radius 1 is 1.44 bits per heavy atom. The highest BCUT2D eigenvalue weighted by molar-refractivity contribution is 5.77. The van der Waals surface area contributed by atoms with Crippen molar-refractivity contribution in [3.05, 3.63) is 24.1 Å². The molecular weight excluding hydrogens is 204 g/mol. The first-order chi connectivity index (χ1) is 7.70. The van der Waals surface area contributed by atoms with Crippen molar-refractivity contribution >= 4 is 16.8 Å². The number of aliphatic hydroxyl groups excluding tert-OH is 1. The molecule has 0 aliphatic rings. The van der Waals surface area contributed by atoms with Crippen LogP contribution in [0.1, 0.15) is 12.3 Å². The van der Waals surface area contributed by atoms with Crippen LogP contribution in [0.2, 0.25) is 0 Å². The van der Waals surface area contributed by atoms with Crippen molar-refractivity contribution < 1.29 is 9.52 Å². The first-order valence-electron chi connectivity index (χ1n) is 5.40. The summed E-state index contributed by atoms with van der Waals surface area (Å²) in [5, 5.41) is 8.78. The lowest BCUT2D eigenvalue weighted by Crippen LogP contribution is -2.19. The quantitative estimate of drug-likeness (QED) is 0.855. The summed E-state index contributed by atoms with van der Waals surface area (Å²) in [7, 11) is 2.00. The standard InChI is InChI=1S/C12H16N2O2/c1-9-13-11-5-4-10(8-12(11)16-9)14(2)6-3-7-15/h4-5,8,15H,3,6-7H2,1-2H3. The Morgan fingerprint density at radius 2 is 2.25 bits per heavy atom. The molecule has 4 heteroatoms. The van der Waals surface area contributed by atoms with Gasteiger partial charge >= 0.3 is 0 Å². The van der Waals surface area contributed by atoms with Crippen LogP contribution in [0, 0.1) is 6.92 Å². The Balaban J connectivity index is 2.24. The summed E-state index contributed by atoms with van der Waals surface area (Å²) in [4.78, 5) is 6.34. The number of aromatic nitrogens is 1. The molecule has 0 bridgehead atoms. The number of hydrogen-bond donors (Lipinski definition) is 1. The van der Waals surface area contributed by atoms with E-state index in [1.54, 1.807) is 0 Å². The predicted octanol–water partition coefficient (Wildman–Crippen LogP) is 1.95. The maximum absolute atomic E-state index is 8.78. The van der Waals surface area contributed by atoms with Crippen LogP contribution in [0.15, 0.2) is 22.6 Å². The Hall–Kier alpha value is -1.55. The molecular formula is C12H16N2O2. The van der Waals surface area contributed by atoms with Gasteiger partial charge in [0.05, 0.1) is 0 Å². The summed E-state index contributed by atoms with van der Waals surface area (Å²) < 4.78 is 5.48. The van der Waals surface area contributed by atoms with E-state index in [4.69, 9.17) is 9.52 Å². The van der Waals surface area contributed by atoms with Gasteiger partial charge in [-0.2, -0.15) is 0 Å². The summed E-state index contributed by atoms with van der Waals surface area (Å²) in [5.41, 5.74) is 2.78. The van der Waals surface area contributed by atoms with Crippen molar-refractivity contribution in [1.82, 2.24) is 4.98 Å². The number of benzene rings is 1. The van der Waals surface area contributed by atoms with Crippen LogP contribution in [0.25, 0.3) is 11.1 Å². The molecule has 1 heterocycles. The van der Waals surface area contributed by atoms with Crippen LogP contribution in [0.4, 0.5) is 5.69 Å². The summed E-state index contributed by atoms with van der Waals surface area (Å²) in [6.07, 6.45) is 0.768. The van der Waals surface area contributed by atoms with Gasteiger partial charge in [0, 0.05) is 38.9 Å². The molecule has 0 saturated heterocycles. The third-order valence-corrected chi connectivity index (χ3v) is 2.57. The molecule has 0 radical (unpaired) electrons. The molecule has 16 heavy (non-hydrogen) atoms. The monoisotopic (exact) mass is 220 g/mol. The van der Waals surface area contributed by atoms with Gasteiger partial charge in [-0.15, -0.1) is 0 Å². The van der Waals surface area contributed by atoms with Gasteiger partial charge in [0.25, 0.3) is 0 Å². The van der Waals surface area contributed by atoms with Crippen molar-refractivity contribution in [2.24, 2.45) is 0 Å². The molecule has 1 aromatic heterocycles. The number of hydrogen-bond acceptors (Lipinski definition) is 4. The minimum Gasteiger partial charge on any atom is -0.441 e. The second-order valence-electron chi connectivity index (χ2n) is 3.88. The van der Waals surface area contributed by atoms with Crippen LogP contribution >= 0.6 is 0 Å². The molecule has 0 fully saturated rings. The summed E-state index contributed by atoms with van der Waals surface area (Å²) >= 11 is 0. The Morgan fingerprint density at radius 3 is 3.00 bits per heavy atom. The summed E-state index contributed by atoms with van der Waals surface area (Å²) in [6, 6.07) is 5.95. The van der Waals surface area contributed by atoms with E-state index in [-0.39, 0.29) is 6.61 Å². The lowest BCUT2D eigenvalue weighted by Gasteiger charge is -2.18. The van der Waals surface area contributed by atoms with Gasteiger partial charge in [-0.1, -0.05) is 0 Å². The largest absolute Gasteiger partial charge is 0.441 e. The number of rotatable bonds is 4. The SMILES string of the molecule is Cc1nc2ccc(N(C)CCCO)cc2o1. The van der Waals surface area contributed by atoms with E-state index in [0.717, 1.165) is 29.8 Å². The van der Waals surface area contributed by atoms with Gasteiger partial charge in [0.15, 0.2) is 11.5 Å². The molecule has 0 unspecified atom stereocenters. The van der Waals surface area contributed by atoms with Crippen LogP contribution in [-0.2, 0) is 0 Å². The molecule has 1 N–H and O–H groups in total.